The summed E-state index contributed by atoms with van der Waals surface area (Å²) < 4.78 is 9.78. The molecule has 0 saturated carbocycles. The van der Waals surface area contributed by atoms with Crippen LogP contribution in [0.25, 0.3) is 0 Å². The number of rotatable bonds is 7. The van der Waals surface area contributed by atoms with Gasteiger partial charge in [0.1, 0.15) is 6.26 Å². The molecule has 0 unspecified atom stereocenters. The summed E-state index contributed by atoms with van der Waals surface area (Å²) in [5.41, 5.74) is 0.109. The number of aromatic nitrogens is 1. The minimum atomic E-state index is -0.530. The van der Waals surface area contributed by atoms with E-state index in [2.05, 4.69) is 15.6 Å². The molecule has 0 aliphatic carbocycles. The van der Waals surface area contributed by atoms with Crippen LogP contribution in [-0.2, 0) is 9.53 Å². The molecule has 1 aromatic heterocycles. The summed E-state index contributed by atoms with van der Waals surface area (Å²) in [6.07, 6.45) is 1.53. The minimum absolute atomic E-state index is 0.0535. The van der Waals surface area contributed by atoms with E-state index in [0.29, 0.717) is 19.5 Å². The summed E-state index contributed by atoms with van der Waals surface area (Å²) in [5.74, 6) is -0.583. The molecule has 0 aliphatic heterocycles. The molecule has 0 aliphatic rings. The van der Waals surface area contributed by atoms with Crippen LogP contribution in [0.2, 0.25) is 0 Å². The molecule has 1 amide bonds. The molecule has 0 atom stereocenters. The molecule has 0 saturated heterocycles. The Morgan fingerprint density at radius 1 is 1.44 bits per heavy atom. The summed E-state index contributed by atoms with van der Waals surface area (Å²) >= 11 is 0. The van der Waals surface area contributed by atoms with Crippen molar-refractivity contribution < 1.29 is 18.7 Å². The van der Waals surface area contributed by atoms with Gasteiger partial charge in [0.2, 0.25) is 5.91 Å². The lowest BCUT2D eigenvalue weighted by Crippen LogP contribution is -2.24. The molecular formula is C11H17N3O4. The molecule has 0 fully saturated rings. The molecule has 2 N–H and O–H groups in total. The highest BCUT2D eigenvalue weighted by Gasteiger charge is 2.12. The lowest BCUT2D eigenvalue weighted by molar-refractivity contribution is -0.120. The predicted molar refractivity (Wildman–Crippen MR) is 64.2 cm³/mol. The van der Waals surface area contributed by atoms with Gasteiger partial charge in [0, 0.05) is 19.5 Å². The van der Waals surface area contributed by atoms with Crippen molar-refractivity contribution in [3.05, 3.63) is 12.0 Å². The smallest absolute Gasteiger partial charge is 0.360 e. The van der Waals surface area contributed by atoms with Crippen molar-refractivity contribution in [3.8, 4) is 0 Å². The van der Waals surface area contributed by atoms with Gasteiger partial charge < -0.3 is 19.8 Å². The maximum atomic E-state index is 11.3. The topological polar surface area (TPSA) is 93.5 Å². The fourth-order valence-electron chi connectivity index (χ4n) is 1.22. The van der Waals surface area contributed by atoms with E-state index in [1.54, 1.807) is 6.92 Å². The molecule has 1 heterocycles. The van der Waals surface area contributed by atoms with Crippen LogP contribution in [0.3, 0.4) is 0 Å². The van der Waals surface area contributed by atoms with Crippen LogP contribution in [0.5, 0.6) is 0 Å². The van der Waals surface area contributed by atoms with Gasteiger partial charge in [-0.05, 0) is 13.8 Å². The van der Waals surface area contributed by atoms with Crippen molar-refractivity contribution in [2.45, 2.75) is 20.3 Å². The number of nitrogens with one attached hydrogen (secondary N) is 2. The molecule has 7 nitrogen and oxygen atoms in total. The number of carbonyl (C=O) groups is 2. The molecule has 7 heteroatoms. The van der Waals surface area contributed by atoms with Crippen LogP contribution in [0.4, 0.5) is 6.01 Å². The molecule has 18 heavy (non-hydrogen) atoms. The van der Waals surface area contributed by atoms with Crippen LogP contribution in [0.15, 0.2) is 10.7 Å². The third kappa shape index (κ3) is 4.44. The van der Waals surface area contributed by atoms with Crippen molar-refractivity contribution in [1.82, 2.24) is 10.3 Å². The zero-order chi connectivity index (χ0) is 13.4. The van der Waals surface area contributed by atoms with Gasteiger partial charge in [-0.15, -0.1) is 0 Å². The summed E-state index contributed by atoms with van der Waals surface area (Å²) in [4.78, 5) is 26.3. The van der Waals surface area contributed by atoms with E-state index in [-0.39, 0.29) is 24.2 Å². The van der Waals surface area contributed by atoms with E-state index in [4.69, 9.17) is 9.15 Å². The Morgan fingerprint density at radius 3 is 2.89 bits per heavy atom. The van der Waals surface area contributed by atoms with Gasteiger partial charge in [-0.1, -0.05) is 0 Å². The molecule has 0 spiro atoms. The number of oxazole rings is 1. The summed E-state index contributed by atoms with van der Waals surface area (Å²) in [7, 11) is 0. The number of hydrogen-bond acceptors (Lipinski definition) is 6. The lowest BCUT2D eigenvalue weighted by atomic mass is 10.4. The Labute approximate surface area is 105 Å². The highest BCUT2D eigenvalue weighted by molar-refractivity contribution is 5.87. The maximum absolute atomic E-state index is 11.3. The highest BCUT2D eigenvalue weighted by atomic mass is 16.5. The molecular weight excluding hydrogens is 238 g/mol. The first kappa shape index (κ1) is 14.0. The SMILES string of the molecule is CCNC(=O)CCNc1nc(C(=O)OCC)co1. The van der Waals surface area contributed by atoms with E-state index in [9.17, 15) is 9.59 Å². The summed E-state index contributed by atoms with van der Waals surface area (Å²) in [6.45, 7) is 4.83. The van der Waals surface area contributed by atoms with Crippen LogP contribution in [-0.4, -0.2) is 36.6 Å². The second-order valence-corrected chi connectivity index (χ2v) is 3.39. The van der Waals surface area contributed by atoms with Gasteiger partial charge in [0.25, 0.3) is 6.01 Å². The van der Waals surface area contributed by atoms with Gasteiger partial charge >= 0.3 is 5.97 Å². The Bertz CT molecular complexity index is 403. The van der Waals surface area contributed by atoms with Crippen molar-refractivity contribution in [3.63, 3.8) is 0 Å². The zero-order valence-corrected chi connectivity index (χ0v) is 10.5. The first-order valence-electron chi connectivity index (χ1n) is 5.80. The molecule has 1 aromatic rings. The predicted octanol–water partition coefficient (Wildman–Crippen LogP) is 0.789. The first-order chi connectivity index (χ1) is 8.67. The average Bonchev–Trinajstić information content (AvgIpc) is 2.78. The van der Waals surface area contributed by atoms with E-state index in [1.165, 1.54) is 6.26 Å². The standard InChI is InChI=1S/C11H17N3O4/c1-3-12-9(15)5-6-13-11-14-8(7-18-11)10(16)17-4-2/h7H,3-6H2,1-2H3,(H,12,15)(H,13,14). The number of ether oxygens (including phenoxy) is 1. The maximum Gasteiger partial charge on any atom is 0.360 e. The van der Waals surface area contributed by atoms with Crippen LogP contribution in [0, 0.1) is 0 Å². The summed E-state index contributed by atoms with van der Waals surface area (Å²) in [5, 5.41) is 5.47. The van der Waals surface area contributed by atoms with Gasteiger partial charge in [-0.3, -0.25) is 4.79 Å². The van der Waals surface area contributed by atoms with Crippen molar-refractivity contribution >= 4 is 17.9 Å². The van der Waals surface area contributed by atoms with E-state index >= 15 is 0 Å². The zero-order valence-electron chi connectivity index (χ0n) is 10.5. The van der Waals surface area contributed by atoms with Crippen molar-refractivity contribution in [2.24, 2.45) is 0 Å². The van der Waals surface area contributed by atoms with Gasteiger partial charge in [0.15, 0.2) is 5.69 Å². The Morgan fingerprint density at radius 2 is 2.22 bits per heavy atom. The van der Waals surface area contributed by atoms with E-state index in [1.807, 2.05) is 6.92 Å². The second kappa shape index (κ2) is 7.31. The third-order valence-electron chi connectivity index (χ3n) is 1.99. The van der Waals surface area contributed by atoms with E-state index < -0.39 is 5.97 Å². The average molecular weight is 255 g/mol. The normalized spacial score (nSPS) is 9.89. The molecule has 100 valence electrons. The van der Waals surface area contributed by atoms with Gasteiger partial charge in [-0.25, -0.2) is 4.79 Å². The Balaban J connectivity index is 2.35. The fraction of sp³-hybridized carbons (Fsp3) is 0.545. The quantitative estimate of drug-likeness (QED) is 0.700. The highest BCUT2D eigenvalue weighted by Crippen LogP contribution is 2.08. The fourth-order valence-corrected chi connectivity index (χ4v) is 1.22. The van der Waals surface area contributed by atoms with E-state index in [0.717, 1.165) is 0 Å². The second-order valence-electron chi connectivity index (χ2n) is 3.39. The lowest BCUT2D eigenvalue weighted by Gasteiger charge is -2.02. The first-order valence-corrected chi connectivity index (χ1v) is 5.80. The van der Waals surface area contributed by atoms with Crippen LogP contribution < -0.4 is 10.6 Å². The minimum Gasteiger partial charge on any atom is -0.461 e. The largest absolute Gasteiger partial charge is 0.461 e. The van der Waals surface area contributed by atoms with Crippen molar-refractivity contribution in [2.75, 3.05) is 25.0 Å². The van der Waals surface area contributed by atoms with Crippen molar-refractivity contribution in [1.29, 1.82) is 0 Å². The van der Waals surface area contributed by atoms with Crippen LogP contribution >= 0.6 is 0 Å². The number of hydrogen-bond donors (Lipinski definition) is 2. The molecule has 0 radical (unpaired) electrons. The number of anilines is 1. The Kier molecular flexibility index (Phi) is 5.69. The van der Waals surface area contributed by atoms with Crippen LogP contribution in [0.1, 0.15) is 30.8 Å². The summed E-state index contributed by atoms with van der Waals surface area (Å²) in [6, 6.07) is 0.197. The number of carbonyl (C=O) groups excluding carboxylic acids is 2. The van der Waals surface area contributed by atoms with Gasteiger partial charge in [0.05, 0.1) is 6.61 Å². The molecule has 0 bridgehead atoms. The monoisotopic (exact) mass is 255 g/mol. The number of esters is 1. The molecule has 1 rings (SSSR count). The Hall–Kier alpha value is -2.05. The third-order valence-corrected chi connectivity index (χ3v) is 1.99. The molecule has 0 aromatic carbocycles. The van der Waals surface area contributed by atoms with Gasteiger partial charge in [-0.2, -0.15) is 4.98 Å². The number of amides is 1. The number of nitrogens with zero attached hydrogens (tertiary/aromatic N) is 1.